The number of nitrogens with one attached hydrogen (secondary N) is 1. The summed E-state index contributed by atoms with van der Waals surface area (Å²) in [6.07, 6.45) is 0.496. The molecule has 6 nitrogen and oxygen atoms in total. The van der Waals surface area contributed by atoms with E-state index >= 15 is 0 Å². The van der Waals surface area contributed by atoms with Crippen LogP contribution in [0.4, 0.5) is 10.1 Å². The highest BCUT2D eigenvalue weighted by Gasteiger charge is 2.23. The maximum absolute atomic E-state index is 13.9. The van der Waals surface area contributed by atoms with E-state index < -0.39 is 0 Å². The minimum atomic E-state index is -0.283. The van der Waals surface area contributed by atoms with E-state index in [4.69, 9.17) is 4.74 Å². The number of rotatable bonds is 7. The summed E-state index contributed by atoms with van der Waals surface area (Å²) in [4.78, 5) is 28.1. The summed E-state index contributed by atoms with van der Waals surface area (Å²) in [6, 6.07) is 14.3. The maximum atomic E-state index is 13.9. The van der Waals surface area contributed by atoms with E-state index in [1.807, 2.05) is 29.2 Å². The Labute approximate surface area is 170 Å². The van der Waals surface area contributed by atoms with Crippen molar-refractivity contribution in [3.8, 4) is 5.75 Å². The Morgan fingerprint density at radius 1 is 1.07 bits per heavy atom. The zero-order valence-electron chi connectivity index (χ0n) is 16.6. The van der Waals surface area contributed by atoms with Crippen LogP contribution in [-0.4, -0.2) is 56.5 Å². The Hall–Kier alpha value is -3.09. The fourth-order valence-corrected chi connectivity index (χ4v) is 3.39. The fraction of sp³-hybridized carbons (Fsp3) is 0.364. The van der Waals surface area contributed by atoms with Gasteiger partial charge in [0.1, 0.15) is 18.0 Å². The second kappa shape index (κ2) is 9.91. The van der Waals surface area contributed by atoms with Gasteiger partial charge in [0.15, 0.2) is 0 Å². The number of nitrogens with zero attached hydrogens (tertiary/aromatic N) is 2. The molecule has 3 rings (SSSR count). The fourth-order valence-electron chi connectivity index (χ4n) is 3.39. The van der Waals surface area contributed by atoms with Crippen LogP contribution in [0.15, 0.2) is 48.5 Å². The van der Waals surface area contributed by atoms with Gasteiger partial charge in [0.25, 0.3) is 0 Å². The van der Waals surface area contributed by atoms with Crippen LogP contribution >= 0.6 is 0 Å². The van der Waals surface area contributed by atoms with Crippen molar-refractivity contribution in [3.63, 3.8) is 0 Å². The zero-order valence-corrected chi connectivity index (χ0v) is 16.6. The Morgan fingerprint density at radius 3 is 2.55 bits per heavy atom. The third-order valence-electron chi connectivity index (χ3n) is 5.01. The van der Waals surface area contributed by atoms with Crippen LogP contribution in [0.1, 0.15) is 12.0 Å². The number of benzene rings is 2. The Balaban J connectivity index is 1.40. The van der Waals surface area contributed by atoms with Gasteiger partial charge in [-0.3, -0.25) is 9.59 Å². The van der Waals surface area contributed by atoms with Crippen LogP contribution in [0.25, 0.3) is 0 Å². The van der Waals surface area contributed by atoms with E-state index in [1.165, 1.54) is 6.07 Å². The molecule has 1 N–H and O–H groups in total. The average molecular weight is 399 g/mol. The monoisotopic (exact) mass is 399 g/mol. The summed E-state index contributed by atoms with van der Waals surface area (Å²) < 4.78 is 19.1. The van der Waals surface area contributed by atoms with Gasteiger partial charge in [0, 0.05) is 32.7 Å². The molecule has 154 valence electrons. The molecule has 0 spiro atoms. The quantitative estimate of drug-likeness (QED) is 0.726. The van der Waals surface area contributed by atoms with Crippen molar-refractivity contribution in [2.45, 2.75) is 12.8 Å². The Kier molecular flexibility index (Phi) is 7.05. The lowest BCUT2D eigenvalue weighted by Gasteiger charge is -2.36. The van der Waals surface area contributed by atoms with Crippen LogP contribution in [0.5, 0.6) is 5.75 Å². The summed E-state index contributed by atoms with van der Waals surface area (Å²) in [5.41, 5.74) is 1.61. The molecule has 2 amide bonds. The standard InChI is InChI=1S/C22H26FN3O3/c1-29-18-6-4-5-17(15-18)9-10-24-21(27)16-22(28)26-13-11-25(12-14-26)20-8-3-2-7-19(20)23/h2-8,15H,9-14,16H2,1H3,(H,24,27). The number of hydrogen-bond donors (Lipinski definition) is 1. The number of para-hydroxylation sites is 1. The molecule has 29 heavy (non-hydrogen) atoms. The van der Waals surface area contributed by atoms with E-state index in [0.717, 1.165) is 11.3 Å². The molecule has 7 heteroatoms. The summed E-state index contributed by atoms with van der Waals surface area (Å²) in [5, 5.41) is 2.79. The number of anilines is 1. The first-order chi connectivity index (χ1) is 14.1. The molecule has 0 unspecified atom stereocenters. The molecule has 0 saturated carbocycles. The number of halogens is 1. The lowest BCUT2D eigenvalue weighted by atomic mass is 10.1. The molecular formula is C22H26FN3O3. The van der Waals surface area contributed by atoms with Crippen molar-refractivity contribution in [2.75, 3.05) is 44.7 Å². The van der Waals surface area contributed by atoms with Crippen molar-refractivity contribution in [1.82, 2.24) is 10.2 Å². The third kappa shape index (κ3) is 5.70. The number of amides is 2. The number of methoxy groups -OCH3 is 1. The zero-order chi connectivity index (χ0) is 20.6. The lowest BCUT2D eigenvalue weighted by Crippen LogP contribution is -2.49. The minimum absolute atomic E-state index is 0.169. The van der Waals surface area contributed by atoms with E-state index in [-0.39, 0.29) is 24.1 Å². The first-order valence-electron chi connectivity index (χ1n) is 9.73. The Bertz CT molecular complexity index is 851. The number of carbonyl (C=O) groups is 2. The minimum Gasteiger partial charge on any atom is -0.497 e. The van der Waals surface area contributed by atoms with Crippen molar-refractivity contribution < 1.29 is 18.7 Å². The van der Waals surface area contributed by atoms with Crippen molar-refractivity contribution in [2.24, 2.45) is 0 Å². The first kappa shape index (κ1) is 20.6. The van der Waals surface area contributed by atoms with Gasteiger partial charge < -0.3 is 19.9 Å². The predicted octanol–water partition coefficient (Wildman–Crippen LogP) is 2.23. The molecule has 1 aliphatic heterocycles. The molecule has 0 radical (unpaired) electrons. The average Bonchev–Trinajstić information content (AvgIpc) is 2.74. The number of ether oxygens (including phenoxy) is 1. The van der Waals surface area contributed by atoms with E-state index in [0.29, 0.717) is 44.8 Å². The van der Waals surface area contributed by atoms with Crippen molar-refractivity contribution in [3.05, 3.63) is 59.9 Å². The first-order valence-corrected chi connectivity index (χ1v) is 9.73. The van der Waals surface area contributed by atoms with Crippen LogP contribution in [0.2, 0.25) is 0 Å². The molecule has 2 aromatic carbocycles. The molecule has 1 fully saturated rings. The van der Waals surface area contributed by atoms with Crippen LogP contribution in [0.3, 0.4) is 0 Å². The molecule has 0 aromatic heterocycles. The van der Waals surface area contributed by atoms with Gasteiger partial charge in [0.05, 0.1) is 12.8 Å². The number of piperazine rings is 1. The van der Waals surface area contributed by atoms with Crippen molar-refractivity contribution >= 4 is 17.5 Å². The van der Waals surface area contributed by atoms with E-state index in [1.54, 1.807) is 30.2 Å². The largest absolute Gasteiger partial charge is 0.497 e. The second-order valence-corrected chi connectivity index (χ2v) is 6.95. The predicted molar refractivity (Wildman–Crippen MR) is 110 cm³/mol. The molecule has 0 aliphatic carbocycles. The molecule has 1 aliphatic rings. The highest BCUT2D eigenvalue weighted by Crippen LogP contribution is 2.20. The normalized spacial score (nSPS) is 13.9. The van der Waals surface area contributed by atoms with Gasteiger partial charge in [-0.05, 0) is 36.2 Å². The molecule has 1 heterocycles. The third-order valence-corrected chi connectivity index (χ3v) is 5.01. The molecule has 0 atom stereocenters. The summed E-state index contributed by atoms with van der Waals surface area (Å²) in [7, 11) is 1.61. The highest BCUT2D eigenvalue weighted by molar-refractivity contribution is 5.97. The highest BCUT2D eigenvalue weighted by atomic mass is 19.1. The van der Waals surface area contributed by atoms with Gasteiger partial charge in [-0.2, -0.15) is 0 Å². The van der Waals surface area contributed by atoms with E-state index in [9.17, 15) is 14.0 Å². The summed E-state index contributed by atoms with van der Waals surface area (Å²) in [6.45, 7) is 2.50. The number of carbonyl (C=O) groups excluding carboxylic acids is 2. The second-order valence-electron chi connectivity index (χ2n) is 6.95. The summed E-state index contributed by atoms with van der Waals surface area (Å²) >= 11 is 0. The molecule has 2 aromatic rings. The molecule has 0 bridgehead atoms. The van der Waals surface area contributed by atoms with E-state index in [2.05, 4.69) is 5.32 Å². The maximum Gasteiger partial charge on any atom is 0.232 e. The summed E-state index contributed by atoms with van der Waals surface area (Å²) in [5.74, 6) is 0.0349. The van der Waals surface area contributed by atoms with Gasteiger partial charge in [0.2, 0.25) is 11.8 Å². The lowest BCUT2D eigenvalue weighted by molar-refractivity contribution is -0.136. The van der Waals surface area contributed by atoms with Crippen LogP contribution in [-0.2, 0) is 16.0 Å². The smallest absolute Gasteiger partial charge is 0.232 e. The topological polar surface area (TPSA) is 61.9 Å². The molecule has 1 saturated heterocycles. The van der Waals surface area contributed by atoms with Crippen LogP contribution in [0, 0.1) is 5.82 Å². The Morgan fingerprint density at radius 2 is 1.83 bits per heavy atom. The number of hydrogen-bond acceptors (Lipinski definition) is 4. The van der Waals surface area contributed by atoms with Gasteiger partial charge in [-0.15, -0.1) is 0 Å². The van der Waals surface area contributed by atoms with Gasteiger partial charge in [-0.1, -0.05) is 24.3 Å². The van der Waals surface area contributed by atoms with Crippen LogP contribution < -0.4 is 15.0 Å². The van der Waals surface area contributed by atoms with Gasteiger partial charge >= 0.3 is 0 Å². The van der Waals surface area contributed by atoms with Crippen molar-refractivity contribution in [1.29, 1.82) is 0 Å². The molecular weight excluding hydrogens is 373 g/mol. The van der Waals surface area contributed by atoms with Gasteiger partial charge in [-0.25, -0.2) is 4.39 Å². The SMILES string of the molecule is COc1cccc(CCNC(=O)CC(=O)N2CCN(c3ccccc3F)CC2)c1.